The zero-order valence-electron chi connectivity index (χ0n) is 25.5. The maximum absolute atomic E-state index is 6.29. The second-order valence-corrected chi connectivity index (χ2v) is 14.4. The number of hydrogen-bond donors (Lipinski definition) is 2. The molecule has 5 heteroatoms. The van der Waals surface area contributed by atoms with Crippen LogP contribution in [0.4, 0.5) is 22.7 Å². The van der Waals surface area contributed by atoms with Crippen molar-refractivity contribution in [1.29, 1.82) is 0 Å². The smallest absolute Gasteiger partial charge is 0.189 e. The molecule has 0 atom stereocenters. The molecule has 0 fully saturated rings. The quantitative estimate of drug-likeness (QED) is 0.121. The first-order chi connectivity index (χ1) is 23.3. The van der Waals surface area contributed by atoms with Crippen LogP contribution in [-0.2, 0) is 22.7 Å². The molecule has 1 heterocycles. The molecule has 0 amide bonds. The Bertz CT molecular complexity index is 2250. The predicted molar refractivity (Wildman–Crippen MR) is 200 cm³/mol. The highest BCUT2D eigenvalue weighted by Gasteiger charge is 2.31. The van der Waals surface area contributed by atoms with Gasteiger partial charge in [0.25, 0.3) is 0 Å². The summed E-state index contributed by atoms with van der Waals surface area (Å²) in [6.45, 7) is 0. The molecular weight excluding hydrogens is 613 g/mol. The summed E-state index contributed by atoms with van der Waals surface area (Å²) in [6, 6.07) is 61.9. The van der Waals surface area contributed by atoms with Gasteiger partial charge in [-0.1, -0.05) is 78.9 Å². The van der Waals surface area contributed by atoms with Gasteiger partial charge in [0.15, 0.2) is 24.5 Å². The first-order valence-electron chi connectivity index (χ1n) is 15.6. The van der Waals surface area contributed by atoms with Crippen molar-refractivity contribution in [2.75, 3.05) is 10.6 Å². The molecule has 0 saturated heterocycles. The Morgan fingerprint density at radius 1 is 0.447 bits per heavy atom. The Kier molecular flexibility index (Phi) is 8.14. The monoisotopic (exact) mass is 644 g/mol. The van der Waals surface area contributed by atoms with Gasteiger partial charge < -0.3 is 15.1 Å². The second-order valence-electron chi connectivity index (χ2n) is 11.2. The van der Waals surface area contributed by atoms with Crippen LogP contribution in [0.5, 0.6) is 0 Å². The molecule has 226 valence electrons. The van der Waals surface area contributed by atoms with Gasteiger partial charge in [-0.2, -0.15) is 0 Å². The van der Waals surface area contributed by atoms with Gasteiger partial charge >= 0.3 is 0 Å². The molecule has 0 saturated carbocycles. The fraction of sp³-hybridized carbons (Fsp3) is 0. The highest BCUT2D eigenvalue weighted by atomic mass is 32.2. The Morgan fingerprint density at radius 3 is 1.55 bits per heavy atom. The molecule has 0 aliphatic rings. The number of fused-ring (bicyclic) bond motifs is 3. The standard InChI is InChI=1S/C42H31N2OS2/c1-4-14-32(15-5-1)46-41-22-12-10-20-37(41)43-30-24-26-39-35(28-30)36-29-31(25-27-40(36)45-39)44-38-21-11-13-23-42(38)47(33-16-6-2-7-17-33)34-18-8-3-9-19-34/h1-29,43-44H/q+1/p+1. The normalized spacial score (nSPS) is 11.3. The van der Waals surface area contributed by atoms with E-state index in [9.17, 15) is 0 Å². The van der Waals surface area contributed by atoms with Crippen LogP contribution in [0.1, 0.15) is 0 Å². The van der Waals surface area contributed by atoms with Crippen molar-refractivity contribution in [2.45, 2.75) is 24.5 Å². The Morgan fingerprint density at radius 2 is 0.936 bits per heavy atom. The van der Waals surface area contributed by atoms with E-state index in [4.69, 9.17) is 4.42 Å². The molecule has 47 heavy (non-hydrogen) atoms. The van der Waals surface area contributed by atoms with E-state index in [0.717, 1.165) is 56.4 Å². The highest BCUT2D eigenvalue weighted by molar-refractivity contribution is 7.97. The number of nitrogens with one attached hydrogen (secondary N) is 2. The number of furan rings is 1. The molecule has 8 aromatic rings. The summed E-state index contributed by atoms with van der Waals surface area (Å²) in [5.74, 6) is 0. The number of anilines is 4. The summed E-state index contributed by atoms with van der Waals surface area (Å²) in [5.41, 5.74) is 5.96. The molecule has 8 rings (SSSR count). The molecule has 0 aliphatic heterocycles. The molecule has 0 bridgehead atoms. The minimum absolute atomic E-state index is 0.269. The third kappa shape index (κ3) is 6.24. The number of rotatable bonds is 9. The number of hydrogen-bond acceptors (Lipinski definition) is 3. The topological polar surface area (TPSA) is 37.2 Å². The van der Waals surface area contributed by atoms with Gasteiger partial charge in [0, 0.05) is 33.9 Å². The number of para-hydroxylation sites is 2. The summed E-state index contributed by atoms with van der Waals surface area (Å²) in [5, 5.41) is 9.61. The number of thiol groups is 1. The van der Waals surface area contributed by atoms with Crippen molar-refractivity contribution >= 4 is 67.3 Å². The SMILES string of the molecule is c1ccc([SH+]c2ccccc2Nc2ccc3oc4ccc(Nc5ccccc5[S+](c5ccccc5)c5ccccc5)cc4c3c2)cc1. The molecule has 7 aromatic carbocycles. The molecule has 1 aromatic heterocycles. The average Bonchev–Trinajstić information content (AvgIpc) is 3.49. The Hall–Kier alpha value is -5.36. The van der Waals surface area contributed by atoms with Crippen molar-refractivity contribution in [3.05, 3.63) is 176 Å². The Balaban J connectivity index is 1.13. The molecule has 3 nitrogen and oxygen atoms in total. The first kappa shape index (κ1) is 29.1. The molecular formula is C42H32N2OS2+2. The minimum Gasteiger partial charge on any atom is -0.456 e. The van der Waals surface area contributed by atoms with Gasteiger partial charge in [0.1, 0.15) is 22.1 Å². The fourth-order valence-corrected chi connectivity index (χ4v) is 9.02. The first-order valence-corrected chi connectivity index (χ1v) is 17.7. The minimum atomic E-state index is -0.269. The second kappa shape index (κ2) is 13.2. The van der Waals surface area contributed by atoms with Crippen molar-refractivity contribution in [2.24, 2.45) is 0 Å². The van der Waals surface area contributed by atoms with Crippen LogP contribution in [0.2, 0.25) is 0 Å². The van der Waals surface area contributed by atoms with Crippen LogP contribution in [0, 0.1) is 0 Å². The molecule has 2 N–H and O–H groups in total. The van der Waals surface area contributed by atoms with Crippen molar-refractivity contribution in [3.8, 4) is 0 Å². The predicted octanol–water partition coefficient (Wildman–Crippen LogP) is 11.4. The fourth-order valence-electron chi connectivity index (χ4n) is 5.81. The van der Waals surface area contributed by atoms with E-state index in [0.29, 0.717) is 0 Å². The van der Waals surface area contributed by atoms with Crippen LogP contribution >= 0.6 is 0 Å². The van der Waals surface area contributed by atoms with Gasteiger partial charge in [0.2, 0.25) is 0 Å². The van der Waals surface area contributed by atoms with Crippen molar-refractivity contribution in [1.82, 2.24) is 0 Å². The molecule has 0 aliphatic carbocycles. The van der Waals surface area contributed by atoms with Crippen molar-refractivity contribution < 1.29 is 4.42 Å². The largest absolute Gasteiger partial charge is 0.456 e. The van der Waals surface area contributed by atoms with Gasteiger partial charge in [-0.25, -0.2) is 0 Å². The van der Waals surface area contributed by atoms with E-state index >= 15 is 0 Å². The highest BCUT2D eigenvalue weighted by Crippen LogP contribution is 2.38. The molecule has 0 spiro atoms. The number of benzene rings is 7. The van der Waals surface area contributed by atoms with E-state index in [1.165, 1.54) is 24.5 Å². The van der Waals surface area contributed by atoms with Gasteiger partial charge in [0.05, 0.1) is 11.4 Å². The summed E-state index contributed by atoms with van der Waals surface area (Å²) in [4.78, 5) is 6.31. The summed E-state index contributed by atoms with van der Waals surface area (Å²) < 4.78 is 6.29. The van der Waals surface area contributed by atoms with Gasteiger partial charge in [-0.15, -0.1) is 0 Å². The van der Waals surface area contributed by atoms with Crippen LogP contribution in [0.3, 0.4) is 0 Å². The van der Waals surface area contributed by atoms with E-state index < -0.39 is 0 Å². The van der Waals surface area contributed by atoms with Gasteiger partial charge in [-0.05, 0) is 97.1 Å². The van der Waals surface area contributed by atoms with Crippen LogP contribution in [0.15, 0.2) is 205 Å². The van der Waals surface area contributed by atoms with Crippen LogP contribution in [-0.4, -0.2) is 0 Å². The summed E-state index contributed by atoms with van der Waals surface area (Å²) >= 11 is 1.16. The van der Waals surface area contributed by atoms with E-state index in [2.05, 4.69) is 187 Å². The maximum atomic E-state index is 6.29. The zero-order valence-corrected chi connectivity index (χ0v) is 27.2. The molecule has 0 radical (unpaired) electrons. The molecule has 0 unspecified atom stereocenters. The summed E-state index contributed by atoms with van der Waals surface area (Å²) in [7, 11) is -0.269. The van der Waals surface area contributed by atoms with Crippen molar-refractivity contribution in [3.63, 3.8) is 0 Å². The lowest BCUT2D eigenvalue weighted by Gasteiger charge is -2.13. The Labute approximate surface area is 281 Å². The average molecular weight is 645 g/mol. The lowest BCUT2D eigenvalue weighted by atomic mass is 10.1. The van der Waals surface area contributed by atoms with Crippen LogP contribution < -0.4 is 10.6 Å². The summed E-state index contributed by atoms with van der Waals surface area (Å²) in [6.07, 6.45) is 0. The lowest BCUT2D eigenvalue weighted by molar-refractivity contribution is 0.669. The van der Waals surface area contributed by atoms with Crippen LogP contribution in [0.25, 0.3) is 21.9 Å². The van der Waals surface area contributed by atoms with E-state index in [1.54, 1.807) is 0 Å². The lowest BCUT2D eigenvalue weighted by Crippen LogP contribution is -2.07. The zero-order chi connectivity index (χ0) is 31.4. The third-order valence-electron chi connectivity index (χ3n) is 8.00. The van der Waals surface area contributed by atoms with Gasteiger partial charge in [-0.3, -0.25) is 0 Å². The van der Waals surface area contributed by atoms with E-state index in [1.807, 2.05) is 0 Å². The van der Waals surface area contributed by atoms with E-state index in [-0.39, 0.29) is 10.9 Å². The maximum Gasteiger partial charge on any atom is 0.189 e. The third-order valence-corrected chi connectivity index (χ3v) is 11.5.